The lowest BCUT2D eigenvalue weighted by Gasteiger charge is -2.30. The van der Waals surface area contributed by atoms with Gasteiger partial charge in [-0.15, -0.1) is 0 Å². The first kappa shape index (κ1) is 19.7. The van der Waals surface area contributed by atoms with Crippen molar-refractivity contribution in [1.82, 2.24) is 0 Å². The highest BCUT2D eigenvalue weighted by molar-refractivity contribution is 6.26. The predicted octanol–water partition coefficient (Wildman–Crippen LogP) is 9.36. The maximum Gasteiger partial charge on any atom is 0.0308 e. The first-order valence-electron chi connectivity index (χ1n) is 13.3. The fourth-order valence-corrected chi connectivity index (χ4v) is 7.89. The van der Waals surface area contributed by atoms with Gasteiger partial charge in [0.25, 0.3) is 0 Å². The van der Waals surface area contributed by atoms with E-state index in [1.54, 1.807) is 0 Å². The van der Waals surface area contributed by atoms with Gasteiger partial charge in [-0.1, -0.05) is 121 Å². The molecule has 2 aliphatic carbocycles. The molecule has 172 valence electrons. The van der Waals surface area contributed by atoms with Crippen molar-refractivity contribution in [1.29, 1.82) is 0 Å². The van der Waals surface area contributed by atoms with Crippen molar-refractivity contribution < 1.29 is 0 Å². The summed E-state index contributed by atoms with van der Waals surface area (Å²) in [6.45, 7) is 0. The molecule has 0 fully saturated rings. The van der Waals surface area contributed by atoms with Crippen LogP contribution < -0.4 is 0 Å². The van der Waals surface area contributed by atoms with Crippen LogP contribution in [0.2, 0.25) is 0 Å². The molecule has 0 amide bonds. The third-order valence-electron chi connectivity index (χ3n) is 9.18. The number of benzene rings is 7. The van der Waals surface area contributed by atoms with E-state index in [4.69, 9.17) is 0 Å². The molecule has 0 bridgehead atoms. The lowest BCUT2D eigenvalue weighted by molar-refractivity contribution is 0.573. The van der Waals surface area contributed by atoms with Crippen LogP contribution in [0.15, 0.2) is 121 Å². The Hall–Kier alpha value is -4.42. The van der Waals surface area contributed by atoms with E-state index in [1.165, 1.54) is 76.5 Å². The molecule has 2 aliphatic rings. The standard InChI is InChI=1S/C37H24/c1-2-12-24-22-37(21-23(24)11-1)35-31-19-9-5-15-27(31)25-13-3-7-17-29(25)33(35)34-30-18-8-4-14-26(30)28-16-6-10-20-32(28)36(34)37/h1-20H,21-22H2. The zero-order valence-corrected chi connectivity index (χ0v) is 20.5. The van der Waals surface area contributed by atoms with Crippen molar-refractivity contribution in [3.63, 3.8) is 0 Å². The minimum atomic E-state index is -0.0817. The van der Waals surface area contributed by atoms with Gasteiger partial charge in [0.2, 0.25) is 0 Å². The first-order chi connectivity index (χ1) is 18.4. The Morgan fingerprint density at radius 2 is 0.622 bits per heavy atom. The number of hydrogen-bond donors (Lipinski definition) is 0. The fraction of sp³-hybridized carbons (Fsp3) is 0.0811. The quantitative estimate of drug-likeness (QED) is 0.195. The second-order valence-electron chi connectivity index (χ2n) is 10.9. The zero-order chi connectivity index (χ0) is 24.1. The summed E-state index contributed by atoms with van der Waals surface area (Å²) in [7, 11) is 0. The lowest BCUT2D eigenvalue weighted by atomic mass is 9.72. The van der Waals surface area contributed by atoms with E-state index >= 15 is 0 Å². The molecule has 1 spiro atoms. The van der Waals surface area contributed by atoms with Crippen LogP contribution >= 0.6 is 0 Å². The van der Waals surface area contributed by atoms with Crippen LogP contribution in [0.1, 0.15) is 22.3 Å². The van der Waals surface area contributed by atoms with Crippen LogP contribution in [-0.4, -0.2) is 0 Å². The van der Waals surface area contributed by atoms with Gasteiger partial charge in [-0.2, -0.15) is 0 Å². The van der Waals surface area contributed by atoms with E-state index in [1.807, 2.05) is 0 Å². The Bertz CT molecular complexity index is 1940. The largest absolute Gasteiger partial charge is 0.0620 e. The van der Waals surface area contributed by atoms with Crippen molar-refractivity contribution >= 4 is 43.1 Å². The van der Waals surface area contributed by atoms with E-state index < -0.39 is 0 Å². The van der Waals surface area contributed by atoms with Crippen LogP contribution in [0.4, 0.5) is 0 Å². The second-order valence-corrected chi connectivity index (χ2v) is 10.9. The summed E-state index contributed by atoms with van der Waals surface area (Å²) in [5.41, 5.74) is 8.90. The predicted molar refractivity (Wildman–Crippen MR) is 157 cm³/mol. The number of fused-ring (bicyclic) bond motifs is 16. The molecule has 0 aromatic heterocycles. The topological polar surface area (TPSA) is 0 Å². The summed E-state index contributed by atoms with van der Waals surface area (Å²) < 4.78 is 0. The highest BCUT2D eigenvalue weighted by Gasteiger charge is 2.50. The first-order valence-corrected chi connectivity index (χ1v) is 13.3. The minimum absolute atomic E-state index is 0.0817. The maximum atomic E-state index is 2.38. The summed E-state index contributed by atoms with van der Waals surface area (Å²) in [5.74, 6) is 0. The molecule has 7 aromatic carbocycles. The van der Waals surface area contributed by atoms with Crippen LogP contribution in [0.3, 0.4) is 0 Å². The Morgan fingerprint density at radius 1 is 0.324 bits per heavy atom. The third-order valence-corrected chi connectivity index (χ3v) is 9.18. The van der Waals surface area contributed by atoms with Gasteiger partial charge in [-0.3, -0.25) is 0 Å². The summed E-state index contributed by atoms with van der Waals surface area (Å²) >= 11 is 0. The van der Waals surface area contributed by atoms with Crippen molar-refractivity contribution in [3.05, 3.63) is 144 Å². The van der Waals surface area contributed by atoms with Gasteiger partial charge in [0, 0.05) is 5.41 Å². The van der Waals surface area contributed by atoms with Crippen molar-refractivity contribution in [2.75, 3.05) is 0 Å². The zero-order valence-electron chi connectivity index (χ0n) is 20.5. The Morgan fingerprint density at radius 3 is 1.03 bits per heavy atom. The summed E-state index contributed by atoms with van der Waals surface area (Å²) in [5, 5.41) is 11.0. The van der Waals surface area contributed by atoms with E-state index in [9.17, 15) is 0 Å². The SMILES string of the molecule is c1ccc2c(c1)CC1(C2)c2c(c3ccccc3c3ccccc23)-c2c1c1ccccc1c1ccccc21. The highest BCUT2D eigenvalue weighted by atomic mass is 14.5. The van der Waals surface area contributed by atoms with Gasteiger partial charge in [-0.25, -0.2) is 0 Å². The van der Waals surface area contributed by atoms with Gasteiger partial charge in [-0.05, 0) is 89.3 Å². The van der Waals surface area contributed by atoms with Gasteiger partial charge in [0.1, 0.15) is 0 Å². The molecule has 0 radical (unpaired) electrons. The molecular formula is C37H24. The van der Waals surface area contributed by atoms with Crippen molar-refractivity contribution in [3.8, 4) is 11.1 Å². The van der Waals surface area contributed by atoms with E-state index in [0.717, 1.165) is 12.8 Å². The minimum Gasteiger partial charge on any atom is -0.0620 e. The molecule has 0 saturated carbocycles. The monoisotopic (exact) mass is 468 g/mol. The van der Waals surface area contributed by atoms with Crippen molar-refractivity contribution in [2.24, 2.45) is 0 Å². The molecule has 0 atom stereocenters. The molecule has 0 saturated heterocycles. The Kier molecular flexibility index (Phi) is 3.66. The second kappa shape index (κ2) is 6.87. The van der Waals surface area contributed by atoms with E-state index in [-0.39, 0.29) is 5.41 Å². The van der Waals surface area contributed by atoms with Gasteiger partial charge < -0.3 is 0 Å². The molecule has 0 heterocycles. The fourth-order valence-electron chi connectivity index (χ4n) is 7.89. The molecule has 9 rings (SSSR count). The van der Waals surface area contributed by atoms with Crippen LogP contribution in [0.5, 0.6) is 0 Å². The van der Waals surface area contributed by atoms with Gasteiger partial charge >= 0.3 is 0 Å². The summed E-state index contributed by atoms with van der Waals surface area (Å²) in [6, 6.07) is 45.6. The highest BCUT2D eigenvalue weighted by Crippen LogP contribution is 2.62. The average molecular weight is 469 g/mol. The van der Waals surface area contributed by atoms with Crippen LogP contribution in [0, 0.1) is 0 Å². The lowest BCUT2D eigenvalue weighted by Crippen LogP contribution is -2.26. The molecule has 0 nitrogen and oxygen atoms in total. The summed E-state index contributed by atoms with van der Waals surface area (Å²) in [4.78, 5) is 0. The third kappa shape index (κ3) is 2.34. The molecular weight excluding hydrogens is 444 g/mol. The van der Waals surface area contributed by atoms with Gasteiger partial charge in [0.05, 0.1) is 0 Å². The average Bonchev–Trinajstić information content (AvgIpc) is 3.49. The van der Waals surface area contributed by atoms with Crippen LogP contribution in [0.25, 0.3) is 54.2 Å². The van der Waals surface area contributed by atoms with Crippen molar-refractivity contribution in [2.45, 2.75) is 18.3 Å². The summed E-state index contributed by atoms with van der Waals surface area (Å²) in [6.07, 6.45) is 2.10. The normalized spacial score (nSPS) is 15.0. The Labute approximate surface area is 215 Å². The molecule has 37 heavy (non-hydrogen) atoms. The number of hydrogen-bond acceptors (Lipinski definition) is 0. The Balaban J connectivity index is 1.60. The van der Waals surface area contributed by atoms with E-state index in [2.05, 4.69) is 121 Å². The molecule has 0 N–H and O–H groups in total. The molecule has 0 unspecified atom stereocenters. The van der Waals surface area contributed by atoms with E-state index in [0.29, 0.717) is 0 Å². The van der Waals surface area contributed by atoms with Crippen LogP contribution in [-0.2, 0) is 18.3 Å². The number of rotatable bonds is 0. The smallest absolute Gasteiger partial charge is 0.0308 e. The molecule has 7 aromatic rings. The molecule has 0 heteroatoms. The van der Waals surface area contributed by atoms with Gasteiger partial charge in [0.15, 0.2) is 0 Å². The molecule has 0 aliphatic heterocycles. The maximum absolute atomic E-state index is 2.38.